The zero-order valence-electron chi connectivity index (χ0n) is 12.8. The van der Waals surface area contributed by atoms with Crippen molar-refractivity contribution in [2.45, 2.75) is 6.54 Å². The number of benzene rings is 2. The number of rotatable bonds is 4. The number of hydrogen-bond acceptors (Lipinski definition) is 3. The quantitative estimate of drug-likeness (QED) is 0.797. The summed E-state index contributed by atoms with van der Waals surface area (Å²) in [6.45, 7) is 4.53. The van der Waals surface area contributed by atoms with Gasteiger partial charge in [0, 0.05) is 37.7 Å². The summed E-state index contributed by atoms with van der Waals surface area (Å²) in [5, 5.41) is 7.35. The SMILES string of the molecule is Fc1ccc(/C=N/N2CCN(Cc3ccccc3Cl)CC2)cc1. The maximum Gasteiger partial charge on any atom is 0.123 e. The predicted molar refractivity (Wildman–Crippen MR) is 92.3 cm³/mol. The molecule has 120 valence electrons. The van der Waals surface area contributed by atoms with Gasteiger partial charge in [0.1, 0.15) is 5.82 Å². The summed E-state index contributed by atoms with van der Waals surface area (Å²) in [5.41, 5.74) is 2.07. The zero-order valence-corrected chi connectivity index (χ0v) is 13.6. The van der Waals surface area contributed by atoms with Crippen molar-refractivity contribution in [2.75, 3.05) is 26.2 Å². The van der Waals surface area contributed by atoms with Gasteiger partial charge in [-0.1, -0.05) is 41.9 Å². The molecule has 1 fully saturated rings. The van der Waals surface area contributed by atoms with Crippen LogP contribution in [0.15, 0.2) is 53.6 Å². The standard InChI is InChI=1S/C18H19ClFN3/c19-18-4-2-1-3-16(18)14-22-9-11-23(12-10-22)21-13-15-5-7-17(20)8-6-15/h1-8,13H,9-12,14H2/b21-13+. The van der Waals surface area contributed by atoms with E-state index in [2.05, 4.69) is 16.1 Å². The van der Waals surface area contributed by atoms with Crippen LogP contribution in [0.1, 0.15) is 11.1 Å². The minimum atomic E-state index is -0.227. The Bertz CT molecular complexity index is 664. The maximum absolute atomic E-state index is 12.9. The number of hydrogen-bond donors (Lipinski definition) is 0. The van der Waals surface area contributed by atoms with Crippen LogP contribution in [-0.2, 0) is 6.54 Å². The molecule has 1 aliphatic rings. The fourth-order valence-corrected chi connectivity index (χ4v) is 2.77. The van der Waals surface area contributed by atoms with Gasteiger partial charge in [0.05, 0.1) is 6.21 Å². The lowest BCUT2D eigenvalue weighted by Crippen LogP contribution is -2.43. The van der Waals surface area contributed by atoms with Crippen LogP contribution in [0.4, 0.5) is 4.39 Å². The minimum absolute atomic E-state index is 0.227. The molecule has 1 saturated heterocycles. The van der Waals surface area contributed by atoms with Crippen LogP contribution in [0.2, 0.25) is 5.02 Å². The van der Waals surface area contributed by atoms with Gasteiger partial charge in [0.2, 0.25) is 0 Å². The highest BCUT2D eigenvalue weighted by atomic mass is 35.5. The monoisotopic (exact) mass is 331 g/mol. The molecule has 2 aromatic rings. The van der Waals surface area contributed by atoms with E-state index >= 15 is 0 Å². The van der Waals surface area contributed by atoms with Crippen molar-refractivity contribution >= 4 is 17.8 Å². The first-order chi connectivity index (χ1) is 11.2. The first-order valence-corrected chi connectivity index (χ1v) is 8.09. The normalized spacial score (nSPS) is 16.2. The van der Waals surface area contributed by atoms with E-state index in [9.17, 15) is 4.39 Å². The van der Waals surface area contributed by atoms with Crippen LogP contribution in [0.25, 0.3) is 0 Å². The van der Waals surface area contributed by atoms with Crippen molar-refractivity contribution in [3.8, 4) is 0 Å². The lowest BCUT2D eigenvalue weighted by atomic mass is 10.2. The van der Waals surface area contributed by atoms with E-state index in [0.29, 0.717) is 0 Å². The fraction of sp³-hybridized carbons (Fsp3) is 0.278. The van der Waals surface area contributed by atoms with Gasteiger partial charge in [-0.2, -0.15) is 5.10 Å². The third kappa shape index (κ3) is 4.53. The summed E-state index contributed by atoms with van der Waals surface area (Å²) in [5.74, 6) is -0.227. The maximum atomic E-state index is 12.9. The highest BCUT2D eigenvalue weighted by Crippen LogP contribution is 2.17. The smallest absolute Gasteiger partial charge is 0.123 e. The second kappa shape index (κ2) is 7.57. The lowest BCUT2D eigenvalue weighted by Gasteiger charge is -2.33. The molecule has 0 amide bonds. The summed E-state index contributed by atoms with van der Waals surface area (Å²) in [4.78, 5) is 2.38. The predicted octanol–water partition coefficient (Wildman–Crippen LogP) is 3.63. The molecule has 3 nitrogen and oxygen atoms in total. The van der Waals surface area contributed by atoms with Crippen molar-refractivity contribution in [2.24, 2.45) is 5.10 Å². The van der Waals surface area contributed by atoms with E-state index in [-0.39, 0.29) is 5.82 Å². The van der Waals surface area contributed by atoms with Crippen molar-refractivity contribution in [1.82, 2.24) is 9.91 Å². The van der Waals surface area contributed by atoms with E-state index < -0.39 is 0 Å². The van der Waals surface area contributed by atoms with Crippen molar-refractivity contribution in [3.63, 3.8) is 0 Å². The number of piperazine rings is 1. The number of halogens is 2. The summed E-state index contributed by atoms with van der Waals surface area (Å²) >= 11 is 6.21. The van der Waals surface area contributed by atoms with Crippen molar-refractivity contribution < 1.29 is 4.39 Å². The van der Waals surface area contributed by atoms with Gasteiger partial charge in [-0.25, -0.2) is 4.39 Å². The molecule has 0 unspecified atom stereocenters. The van der Waals surface area contributed by atoms with E-state index in [0.717, 1.165) is 48.9 Å². The van der Waals surface area contributed by atoms with Crippen LogP contribution in [-0.4, -0.2) is 42.3 Å². The van der Waals surface area contributed by atoms with Gasteiger partial charge in [-0.3, -0.25) is 9.91 Å². The van der Waals surface area contributed by atoms with E-state index in [1.165, 1.54) is 12.1 Å². The van der Waals surface area contributed by atoms with Gasteiger partial charge in [-0.15, -0.1) is 0 Å². The zero-order chi connectivity index (χ0) is 16.1. The van der Waals surface area contributed by atoms with Crippen LogP contribution >= 0.6 is 11.6 Å². The fourth-order valence-electron chi connectivity index (χ4n) is 2.58. The Morgan fingerprint density at radius 2 is 1.70 bits per heavy atom. The molecule has 1 heterocycles. The summed E-state index contributed by atoms with van der Waals surface area (Å²) in [6.07, 6.45) is 1.78. The van der Waals surface area contributed by atoms with Crippen molar-refractivity contribution in [3.05, 3.63) is 70.5 Å². The Hall–Kier alpha value is -1.91. The van der Waals surface area contributed by atoms with Crippen LogP contribution < -0.4 is 0 Å². The topological polar surface area (TPSA) is 18.8 Å². The molecule has 0 aliphatic carbocycles. The summed E-state index contributed by atoms with van der Waals surface area (Å²) in [6, 6.07) is 14.3. The summed E-state index contributed by atoms with van der Waals surface area (Å²) < 4.78 is 12.9. The van der Waals surface area contributed by atoms with Crippen molar-refractivity contribution in [1.29, 1.82) is 0 Å². The number of hydrazone groups is 1. The highest BCUT2D eigenvalue weighted by Gasteiger charge is 2.16. The molecular formula is C18H19ClFN3. The lowest BCUT2D eigenvalue weighted by molar-refractivity contribution is 0.131. The van der Waals surface area contributed by atoms with E-state index in [1.54, 1.807) is 18.3 Å². The van der Waals surface area contributed by atoms with Crippen LogP contribution in [0.5, 0.6) is 0 Å². The second-order valence-electron chi connectivity index (χ2n) is 5.62. The molecule has 0 radical (unpaired) electrons. The Morgan fingerprint density at radius 1 is 1.00 bits per heavy atom. The third-order valence-electron chi connectivity index (χ3n) is 3.94. The Kier molecular flexibility index (Phi) is 5.26. The molecule has 5 heteroatoms. The molecule has 0 spiro atoms. The average Bonchev–Trinajstić information content (AvgIpc) is 2.58. The molecule has 0 atom stereocenters. The Morgan fingerprint density at radius 3 is 2.39 bits per heavy atom. The Balaban J connectivity index is 1.50. The molecule has 3 rings (SSSR count). The third-order valence-corrected chi connectivity index (χ3v) is 4.31. The molecule has 1 aliphatic heterocycles. The molecule has 0 bridgehead atoms. The van der Waals surface area contributed by atoms with Gasteiger partial charge in [0.25, 0.3) is 0 Å². The second-order valence-corrected chi connectivity index (χ2v) is 6.02. The van der Waals surface area contributed by atoms with Gasteiger partial charge >= 0.3 is 0 Å². The van der Waals surface area contributed by atoms with Crippen LogP contribution in [0, 0.1) is 5.82 Å². The molecule has 0 N–H and O–H groups in total. The largest absolute Gasteiger partial charge is 0.295 e. The molecule has 23 heavy (non-hydrogen) atoms. The Labute approximate surface area is 141 Å². The molecule has 2 aromatic carbocycles. The number of nitrogens with zero attached hydrogens (tertiary/aromatic N) is 3. The van der Waals surface area contributed by atoms with E-state index in [4.69, 9.17) is 11.6 Å². The van der Waals surface area contributed by atoms with Gasteiger partial charge in [-0.05, 0) is 29.3 Å². The first-order valence-electron chi connectivity index (χ1n) is 7.71. The highest BCUT2D eigenvalue weighted by molar-refractivity contribution is 6.31. The minimum Gasteiger partial charge on any atom is -0.295 e. The first kappa shape index (κ1) is 16.0. The average molecular weight is 332 g/mol. The van der Waals surface area contributed by atoms with Gasteiger partial charge in [0.15, 0.2) is 0 Å². The van der Waals surface area contributed by atoms with Crippen LogP contribution in [0.3, 0.4) is 0 Å². The molecule has 0 aromatic heterocycles. The van der Waals surface area contributed by atoms with E-state index in [1.807, 2.05) is 23.2 Å². The molecule has 0 saturated carbocycles. The summed E-state index contributed by atoms with van der Waals surface area (Å²) in [7, 11) is 0. The molecular weight excluding hydrogens is 313 g/mol. The van der Waals surface area contributed by atoms with Gasteiger partial charge < -0.3 is 0 Å².